The number of fused-ring (bicyclic) bond motifs is 2. The number of aryl methyl sites for hydroxylation is 1. The van der Waals surface area contributed by atoms with E-state index in [2.05, 4.69) is 26.8 Å². The van der Waals surface area contributed by atoms with Crippen LogP contribution in [-0.2, 0) is 6.54 Å². The lowest BCUT2D eigenvalue weighted by atomic mass is 10.2. The molecule has 26 heavy (non-hydrogen) atoms. The number of rotatable bonds is 2. The fraction of sp³-hybridized carbons (Fsp3) is 0.158. The zero-order chi connectivity index (χ0) is 17.7. The van der Waals surface area contributed by atoms with Crippen molar-refractivity contribution in [1.29, 1.82) is 5.26 Å². The molecule has 5 heterocycles. The highest BCUT2D eigenvalue weighted by Crippen LogP contribution is 2.41. The molecule has 5 rings (SSSR count). The Bertz CT molecular complexity index is 1150. The van der Waals surface area contributed by atoms with E-state index in [1.54, 1.807) is 16.2 Å². The lowest BCUT2D eigenvalue weighted by molar-refractivity contribution is 0.808. The molecule has 0 saturated carbocycles. The van der Waals surface area contributed by atoms with E-state index in [0.29, 0.717) is 12.5 Å². The summed E-state index contributed by atoms with van der Waals surface area (Å²) in [5, 5.41) is 10.5. The van der Waals surface area contributed by atoms with Crippen LogP contribution in [0.15, 0.2) is 42.7 Å². The van der Waals surface area contributed by atoms with Crippen LogP contribution in [0.2, 0.25) is 0 Å². The predicted molar refractivity (Wildman–Crippen MR) is 102 cm³/mol. The Morgan fingerprint density at radius 1 is 1.19 bits per heavy atom. The van der Waals surface area contributed by atoms with Crippen molar-refractivity contribution in [1.82, 2.24) is 19.5 Å². The van der Waals surface area contributed by atoms with Gasteiger partial charge in [0.2, 0.25) is 5.95 Å². The molecular formula is C19H14N6S. The highest BCUT2D eigenvalue weighted by Gasteiger charge is 2.29. The minimum absolute atomic E-state index is 0.653. The van der Waals surface area contributed by atoms with Crippen molar-refractivity contribution in [3.8, 4) is 28.2 Å². The maximum atomic E-state index is 9.41. The fourth-order valence-electron chi connectivity index (χ4n) is 3.36. The summed E-state index contributed by atoms with van der Waals surface area (Å²) >= 11 is 1.71. The van der Waals surface area contributed by atoms with Crippen LogP contribution in [0.5, 0.6) is 0 Å². The van der Waals surface area contributed by atoms with Gasteiger partial charge in [-0.2, -0.15) is 5.26 Å². The third-order valence-electron chi connectivity index (χ3n) is 4.54. The Morgan fingerprint density at radius 2 is 2.12 bits per heavy atom. The molecule has 0 amide bonds. The van der Waals surface area contributed by atoms with E-state index in [1.165, 1.54) is 4.70 Å². The molecule has 0 spiro atoms. The Labute approximate surface area is 154 Å². The topological polar surface area (TPSA) is 70.6 Å². The van der Waals surface area contributed by atoms with E-state index >= 15 is 0 Å². The minimum atomic E-state index is 0.653. The second-order valence-electron chi connectivity index (χ2n) is 6.20. The van der Waals surface area contributed by atoms with Gasteiger partial charge in [-0.1, -0.05) is 6.07 Å². The van der Waals surface area contributed by atoms with Crippen molar-refractivity contribution in [2.24, 2.45) is 0 Å². The summed E-state index contributed by atoms with van der Waals surface area (Å²) in [6.45, 7) is 3.36. The molecule has 0 saturated heterocycles. The summed E-state index contributed by atoms with van der Waals surface area (Å²) in [5.74, 6) is 0.691. The summed E-state index contributed by atoms with van der Waals surface area (Å²) < 4.78 is 3.31. The molecule has 6 nitrogen and oxygen atoms in total. The quantitative estimate of drug-likeness (QED) is 0.509. The van der Waals surface area contributed by atoms with E-state index in [9.17, 15) is 5.26 Å². The molecule has 0 atom stereocenters. The summed E-state index contributed by atoms with van der Waals surface area (Å²) in [4.78, 5) is 16.4. The van der Waals surface area contributed by atoms with Crippen molar-refractivity contribution in [2.45, 2.75) is 13.5 Å². The smallest absolute Gasteiger partial charge is 0.220 e. The number of hydrogen-bond donors (Lipinski definition) is 0. The average Bonchev–Trinajstić information content (AvgIpc) is 3.33. The first-order valence-electron chi connectivity index (χ1n) is 8.30. The Balaban J connectivity index is 1.79. The van der Waals surface area contributed by atoms with Gasteiger partial charge in [0.05, 0.1) is 22.8 Å². The number of nitrogens with zero attached hydrogens (tertiary/aromatic N) is 6. The largest absolute Gasteiger partial charge is 0.306 e. The van der Waals surface area contributed by atoms with Gasteiger partial charge in [-0.05, 0) is 31.2 Å². The SMILES string of the molecule is Cc1cccc(-c2nc3n(c2-c2cc4cnccc4s2)CCN3C#N)n1. The van der Waals surface area contributed by atoms with Gasteiger partial charge < -0.3 is 4.57 Å². The van der Waals surface area contributed by atoms with Gasteiger partial charge in [-0.25, -0.2) is 9.88 Å². The lowest BCUT2D eigenvalue weighted by Gasteiger charge is -2.05. The molecule has 126 valence electrons. The van der Waals surface area contributed by atoms with Crippen molar-refractivity contribution in [3.05, 3.63) is 48.4 Å². The summed E-state index contributed by atoms with van der Waals surface area (Å²) in [5.41, 5.74) is 3.62. The van der Waals surface area contributed by atoms with Gasteiger partial charge >= 0.3 is 0 Å². The number of aromatic nitrogens is 4. The van der Waals surface area contributed by atoms with E-state index in [1.807, 2.05) is 43.6 Å². The molecule has 1 aliphatic heterocycles. The van der Waals surface area contributed by atoms with Crippen LogP contribution in [-0.4, -0.2) is 26.1 Å². The van der Waals surface area contributed by atoms with Crippen molar-refractivity contribution >= 4 is 27.4 Å². The zero-order valence-corrected chi connectivity index (χ0v) is 14.9. The van der Waals surface area contributed by atoms with Crippen LogP contribution < -0.4 is 4.90 Å². The molecule has 0 aromatic carbocycles. The molecule has 7 heteroatoms. The summed E-state index contributed by atoms with van der Waals surface area (Å²) in [6, 6.07) is 10.1. The lowest BCUT2D eigenvalue weighted by Crippen LogP contribution is -2.13. The first-order chi connectivity index (χ1) is 12.7. The van der Waals surface area contributed by atoms with E-state index < -0.39 is 0 Å². The second kappa shape index (κ2) is 5.64. The minimum Gasteiger partial charge on any atom is -0.306 e. The van der Waals surface area contributed by atoms with Crippen molar-refractivity contribution in [3.63, 3.8) is 0 Å². The highest BCUT2D eigenvalue weighted by molar-refractivity contribution is 7.22. The van der Waals surface area contributed by atoms with E-state index in [-0.39, 0.29) is 0 Å². The maximum Gasteiger partial charge on any atom is 0.220 e. The molecule has 1 aliphatic rings. The summed E-state index contributed by atoms with van der Waals surface area (Å²) in [7, 11) is 0. The molecule has 0 fully saturated rings. The monoisotopic (exact) mass is 358 g/mol. The standard InChI is InChI=1S/C19H14N6S/c1-12-3-2-4-14(22-12)17-18(25-8-7-24(11-20)19(25)23-17)16-9-13-10-21-6-5-15(13)26-16/h2-6,9-10H,7-8H2,1H3. The first kappa shape index (κ1) is 15.0. The molecule has 4 aromatic rings. The average molecular weight is 358 g/mol. The summed E-state index contributed by atoms with van der Waals surface area (Å²) in [6.07, 6.45) is 5.91. The van der Waals surface area contributed by atoms with E-state index in [4.69, 9.17) is 4.98 Å². The number of imidazole rings is 1. The fourth-order valence-corrected chi connectivity index (χ4v) is 4.44. The second-order valence-corrected chi connectivity index (χ2v) is 7.28. The Hall–Kier alpha value is -3.24. The van der Waals surface area contributed by atoms with Crippen LogP contribution >= 0.6 is 11.3 Å². The van der Waals surface area contributed by atoms with Crippen LogP contribution in [0.25, 0.3) is 32.0 Å². The highest BCUT2D eigenvalue weighted by atomic mass is 32.1. The van der Waals surface area contributed by atoms with Crippen LogP contribution in [0.1, 0.15) is 5.69 Å². The third-order valence-corrected chi connectivity index (χ3v) is 5.66. The molecule has 0 aliphatic carbocycles. The van der Waals surface area contributed by atoms with Crippen LogP contribution in [0.3, 0.4) is 0 Å². The molecular weight excluding hydrogens is 344 g/mol. The first-order valence-corrected chi connectivity index (χ1v) is 9.12. The van der Waals surface area contributed by atoms with Crippen molar-refractivity contribution < 1.29 is 0 Å². The number of thiophene rings is 1. The van der Waals surface area contributed by atoms with E-state index in [0.717, 1.165) is 39.6 Å². The van der Waals surface area contributed by atoms with Crippen LogP contribution in [0, 0.1) is 18.4 Å². The molecule has 0 unspecified atom stereocenters. The van der Waals surface area contributed by atoms with Crippen molar-refractivity contribution in [2.75, 3.05) is 11.4 Å². The predicted octanol–water partition coefficient (Wildman–Crippen LogP) is 3.83. The van der Waals surface area contributed by atoms with Gasteiger partial charge in [0.25, 0.3) is 0 Å². The number of nitriles is 1. The number of hydrogen-bond acceptors (Lipinski definition) is 6. The Kier molecular flexibility index (Phi) is 3.27. The van der Waals surface area contributed by atoms with Crippen LogP contribution in [0.4, 0.5) is 5.95 Å². The molecule has 0 bridgehead atoms. The van der Waals surface area contributed by atoms with Gasteiger partial charge in [0, 0.05) is 34.7 Å². The molecule has 0 radical (unpaired) electrons. The van der Waals surface area contributed by atoms with Gasteiger partial charge in [-0.3, -0.25) is 9.97 Å². The number of pyridine rings is 2. The van der Waals surface area contributed by atoms with Gasteiger partial charge in [-0.15, -0.1) is 11.3 Å². The van der Waals surface area contributed by atoms with Gasteiger partial charge in [0.1, 0.15) is 5.69 Å². The Morgan fingerprint density at radius 3 is 2.92 bits per heavy atom. The maximum absolute atomic E-state index is 9.41. The van der Waals surface area contributed by atoms with Gasteiger partial charge in [0.15, 0.2) is 6.19 Å². The molecule has 0 N–H and O–H groups in total. The third kappa shape index (κ3) is 2.20. The molecule has 4 aromatic heterocycles. The zero-order valence-electron chi connectivity index (χ0n) is 14.0. The number of anilines is 1. The normalized spacial score (nSPS) is 13.2.